The summed E-state index contributed by atoms with van der Waals surface area (Å²) in [6.45, 7) is 6.90. The molecule has 0 saturated carbocycles. The van der Waals surface area contributed by atoms with Crippen molar-refractivity contribution in [3.8, 4) is 11.8 Å². The number of esters is 1. The van der Waals surface area contributed by atoms with Crippen LogP contribution in [0.5, 0.6) is 5.75 Å². The van der Waals surface area contributed by atoms with Gasteiger partial charge in [0, 0.05) is 13.1 Å². The Hall–Kier alpha value is -3.06. The van der Waals surface area contributed by atoms with Gasteiger partial charge in [-0.05, 0) is 68.6 Å². The van der Waals surface area contributed by atoms with Gasteiger partial charge in [0.2, 0.25) is 10.0 Å². The van der Waals surface area contributed by atoms with Crippen molar-refractivity contribution in [1.29, 1.82) is 5.26 Å². The Kier molecular flexibility index (Phi) is 11.7. The molecule has 8 nitrogen and oxygen atoms in total. The van der Waals surface area contributed by atoms with Gasteiger partial charge in [0.05, 0.1) is 35.5 Å². The van der Waals surface area contributed by atoms with Crippen LogP contribution in [0.3, 0.4) is 0 Å². The molecule has 1 heterocycles. The number of ether oxygens (including phenoxy) is 2. The van der Waals surface area contributed by atoms with Gasteiger partial charge in [-0.3, -0.25) is 9.10 Å². The van der Waals surface area contributed by atoms with Gasteiger partial charge in [-0.1, -0.05) is 49.2 Å². The second-order valence-electron chi connectivity index (χ2n) is 9.36. The highest BCUT2D eigenvalue weighted by atomic mass is 35.5. The van der Waals surface area contributed by atoms with Crippen molar-refractivity contribution in [2.24, 2.45) is 0 Å². The first-order chi connectivity index (χ1) is 18.7. The van der Waals surface area contributed by atoms with Gasteiger partial charge in [-0.15, -0.1) is 0 Å². The van der Waals surface area contributed by atoms with E-state index in [9.17, 15) is 13.2 Å². The molecule has 1 saturated heterocycles. The zero-order valence-electron chi connectivity index (χ0n) is 22.5. The molecule has 0 atom stereocenters. The number of benzene rings is 2. The first kappa shape index (κ1) is 30.5. The maximum atomic E-state index is 13.2. The number of halogens is 1. The van der Waals surface area contributed by atoms with Gasteiger partial charge in [-0.2, -0.15) is 5.26 Å². The van der Waals surface area contributed by atoms with Crippen LogP contribution in [0.25, 0.3) is 6.08 Å². The molecule has 10 heteroatoms. The largest absolute Gasteiger partial charge is 0.489 e. The van der Waals surface area contributed by atoms with E-state index in [1.807, 2.05) is 6.07 Å². The molecule has 0 bridgehead atoms. The Balaban J connectivity index is 1.77. The summed E-state index contributed by atoms with van der Waals surface area (Å²) >= 11 is 6.56. The molecule has 0 aromatic heterocycles. The molecule has 0 aliphatic carbocycles. The summed E-state index contributed by atoms with van der Waals surface area (Å²) in [5, 5.41) is 9.42. The first-order valence-electron chi connectivity index (χ1n) is 13.3. The van der Waals surface area contributed by atoms with Crippen molar-refractivity contribution >= 4 is 39.4 Å². The number of hydrogen-bond acceptors (Lipinski definition) is 7. The lowest BCUT2D eigenvalue weighted by Gasteiger charge is -2.32. The number of nitrogens with zero attached hydrogens (tertiary/aromatic N) is 3. The molecule has 1 fully saturated rings. The van der Waals surface area contributed by atoms with Gasteiger partial charge in [0.25, 0.3) is 0 Å². The maximum Gasteiger partial charge on any atom is 0.323 e. The molecule has 39 heavy (non-hydrogen) atoms. The molecule has 210 valence electrons. The third-order valence-corrected chi connectivity index (χ3v) is 8.33. The number of piperidine rings is 1. The predicted molar refractivity (Wildman–Crippen MR) is 154 cm³/mol. The second-order valence-corrected chi connectivity index (χ2v) is 11.7. The Bertz CT molecular complexity index is 1280. The zero-order chi connectivity index (χ0) is 28.3. The van der Waals surface area contributed by atoms with E-state index in [1.54, 1.807) is 55.5 Å². The lowest BCUT2D eigenvalue weighted by molar-refractivity contribution is -0.139. The summed E-state index contributed by atoms with van der Waals surface area (Å²) < 4.78 is 38.7. The van der Waals surface area contributed by atoms with Crippen LogP contribution >= 0.6 is 11.6 Å². The number of unbranched alkanes of at least 4 members (excludes halogenated alkanes) is 1. The van der Waals surface area contributed by atoms with Crippen molar-refractivity contribution in [3.63, 3.8) is 0 Å². The number of hydrogen-bond donors (Lipinski definition) is 0. The van der Waals surface area contributed by atoms with Crippen molar-refractivity contribution in [3.05, 3.63) is 64.7 Å². The molecule has 2 aromatic carbocycles. The molecular weight excluding hydrogens is 538 g/mol. The normalized spacial score (nSPS) is 14.7. The van der Waals surface area contributed by atoms with Crippen molar-refractivity contribution < 1.29 is 22.7 Å². The molecule has 3 rings (SSSR count). The lowest BCUT2D eigenvalue weighted by Crippen LogP contribution is -2.38. The molecule has 0 spiro atoms. The van der Waals surface area contributed by atoms with Crippen LogP contribution in [0.15, 0.2) is 48.5 Å². The zero-order valence-corrected chi connectivity index (χ0v) is 24.1. The number of carbonyl (C=O) groups is 1. The maximum absolute atomic E-state index is 13.2. The summed E-state index contributed by atoms with van der Waals surface area (Å²) in [7, 11) is -4.08. The topological polar surface area (TPSA) is 99.9 Å². The van der Waals surface area contributed by atoms with Gasteiger partial charge < -0.3 is 14.4 Å². The summed E-state index contributed by atoms with van der Waals surface area (Å²) in [5.74, 6) is -1.13. The average Bonchev–Trinajstić information content (AvgIpc) is 2.91. The molecule has 1 aliphatic heterocycles. The second kappa shape index (κ2) is 14.9. The third-order valence-electron chi connectivity index (χ3n) is 6.40. The van der Waals surface area contributed by atoms with E-state index in [2.05, 4.69) is 17.9 Å². The minimum Gasteiger partial charge on any atom is -0.489 e. The molecule has 2 aromatic rings. The van der Waals surface area contributed by atoms with E-state index < -0.39 is 21.7 Å². The molecule has 1 aliphatic rings. The van der Waals surface area contributed by atoms with Crippen LogP contribution in [0.4, 0.5) is 5.69 Å². The van der Waals surface area contributed by atoms with Crippen LogP contribution in [0, 0.1) is 11.3 Å². The minimum absolute atomic E-state index is 0.0435. The molecule has 0 N–H and O–H groups in total. The Morgan fingerprint density at radius 2 is 1.97 bits per heavy atom. The fraction of sp³-hybridized carbons (Fsp3) is 0.448. The van der Waals surface area contributed by atoms with Crippen LogP contribution < -0.4 is 9.04 Å². The number of likely N-dealkylation sites (tertiary alicyclic amines) is 1. The molecule has 0 radical (unpaired) electrons. The Morgan fingerprint density at radius 1 is 1.21 bits per heavy atom. The fourth-order valence-corrected chi connectivity index (χ4v) is 5.86. The monoisotopic (exact) mass is 573 g/mol. The van der Waals surface area contributed by atoms with Gasteiger partial charge in [0.15, 0.2) is 5.75 Å². The minimum atomic E-state index is -4.08. The van der Waals surface area contributed by atoms with Crippen LogP contribution in [0.1, 0.15) is 50.7 Å². The Morgan fingerprint density at radius 3 is 2.64 bits per heavy atom. The van der Waals surface area contributed by atoms with Gasteiger partial charge in [0.1, 0.15) is 11.9 Å². The van der Waals surface area contributed by atoms with E-state index in [0.717, 1.165) is 42.3 Å². The SMILES string of the molecule is CCCCN1CCC(Oc2ccc(N(C/C=C/c3cccc(C#N)c3)S(=O)(=O)CC(=O)OCC)cc2Cl)CC1. The third kappa shape index (κ3) is 9.27. The summed E-state index contributed by atoms with van der Waals surface area (Å²) in [6.07, 6.45) is 7.59. The van der Waals surface area contributed by atoms with E-state index in [1.165, 1.54) is 12.8 Å². The first-order valence-corrected chi connectivity index (χ1v) is 15.3. The fourth-order valence-electron chi connectivity index (χ4n) is 4.36. The highest BCUT2D eigenvalue weighted by molar-refractivity contribution is 7.93. The van der Waals surface area contributed by atoms with E-state index in [-0.39, 0.29) is 19.3 Å². The number of nitriles is 1. The molecule has 0 unspecified atom stereocenters. The summed E-state index contributed by atoms with van der Waals surface area (Å²) in [4.78, 5) is 14.5. The molecule has 0 amide bonds. The van der Waals surface area contributed by atoms with Crippen LogP contribution in [-0.4, -0.2) is 63.9 Å². The van der Waals surface area contributed by atoms with Crippen molar-refractivity contribution in [1.82, 2.24) is 4.90 Å². The number of sulfonamides is 1. The summed E-state index contributed by atoms with van der Waals surface area (Å²) in [6, 6.07) is 13.9. The van der Waals surface area contributed by atoms with Gasteiger partial charge in [-0.25, -0.2) is 8.42 Å². The van der Waals surface area contributed by atoms with Crippen LogP contribution in [0.2, 0.25) is 5.02 Å². The quantitative estimate of drug-likeness (QED) is 0.301. The lowest BCUT2D eigenvalue weighted by atomic mass is 10.1. The molecular formula is C29H36ClN3O5S. The van der Waals surface area contributed by atoms with E-state index in [0.29, 0.717) is 22.0 Å². The van der Waals surface area contributed by atoms with Crippen LogP contribution in [-0.2, 0) is 19.6 Å². The number of rotatable bonds is 13. The van der Waals surface area contributed by atoms with Gasteiger partial charge >= 0.3 is 5.97 Å². The van der Waals surface area contributed by atoms with Crippen molar-refractivity contribution in [2.45, 2.75) is 45.6 Å². The van der Waals surface area contributed by atoms with E-state index >= 15 is 0 Å². The Labute approximate surface area is 236 Å². The predicted octanol–water partition coefficient (Wildman–Crippen LogP) is 5.27. The highest BCUT2D eigenvalue weighted by Gasteiger charge is 2.27. The standard InChI is InChI=1S/C29H36ClN3O5S/c1-3-5-15-32-17-13-26(14-18-32)38-28-12-11-25(20-27(28)30)33(39(35,36)22-29(34)37-4-2)16-7-10-23-8-6-9-24(19-23)21-31/h6-12,19-20,26H,3-5,13-18,22H2,1-2H3/b10-7+. The number of anilines is 1. The highest BCUT2D eigenvalue weighted by Crippen LogP contribution is 2.32. The average molecular weight is 574 g/mol. The van der Waals surface area contributed by atoms with E-state index in [4.69, 9.17) is 26.3 Å². The smallest absolute Gasteiger partial charge is 0.323 e. The summed E-state index contributed by atoms with van der Waals surface area (Å²) in [5.41, 5.74) is 1.55. The number of carbonyl (C=O) groups excluding carboxylic acids is 1. The van der Waals surface area contributed by atoms with Crippen molar-refractivity contribution in [2.75, 3.05) is 42.8 Å².